The van der Waals surface area contributed by atoms with Gasteiger partial charge in [0.25, 0.3) is 0 Å². The first-order valence-corrected chi connectivity index (χ1v) is 6.37. The Bertz CT molecular complexity index is 485. The van der Waals surface area contributed by atoms with Crippen LogP contribution in [0.25, 0.3) is 0 Å². The highest BCUT2D eigenvalue weighted by molar-refractivity contribution is 14.1. The monoisotopic (exact) mass is 340 g/mol. The van der Waals surface area contributed by atoms with E-state index in [4.69, 9.17) is 4.74 Å². The van der Waals surface area contributed by atoms with Gasteiger partial charge in [0, 0.05) is 18.8 Å². The maximum atomic E-state index is 5.73. The van der Waals surface area contributed by atoms with E-state index in [9.17, 15) is 0 Å². The highest BCUT2D eigenvalue weighted by atomic mass is 127. The molecule has 2 aromatic rings. The van der Waals surface area contributed by atoms with Crippen molar-refractivity contribution >= 4 is 28.4 Å². The van der Waals surface area contributed by atoms with Gasteiger partial charge in [-0.3, -0.25) is 0 Å². The Hall–Kier alpha value is -1.30. The van der Waals surface area contributed by atoms with E-state index in [0.29, 0.717) is 6.61 Å². The molecule has 17 heavy (non-hydrogen) atoms. The third-order valence-electron chi connectivity index (χ3n) is 2.31. The van der Waals surface area contributed by atoms with Gasteiger partial charge in [-0.1, -0.05) is 18.2 Å². The number of pyridine rings is 1. The third kappa shape index (κ3) is 3.33. The minimum Gasteiger partial charge on any atom is -0.488 e. The van der Waals surface area contributed by atoms with E-state index < -0.39 is 0 Å². The molecule has 0 amide bonds. The quantitative estimate of drug-likeness (QED) is 0.868. The van der Waals surface area contributed by atoms with Gasteiger partial charge in [-0.25, -0.2) is 4.98 Å². The number of hydrogen-bond acceptors (Lipinski definition) is 3. The molecule has 1 aromatic carbocycles. The summed E-state index contributed by atoms with van der Waals surface area (Å²) in [7, 11) is 1.85. The van der Waals surface area contributed by atoms with E-state index >= 15 is 0 Å². The minimum absolute atomic E-state index is 0.539. The summed E-state index contributed by atoms with van der Waals surface area (Å²) in [6.45, 7) is 0.539. The molecule has 0 aliphatic rings. The fraction of sp³-hybridized carbons (Fsp3) is 0.154. The Balaban J connectivity index is 2.00. The summed E-state index contributed by atoms with van der Waals surface area (Å²) in [4.78, 5) is 4.24. The van der Waals surface area contributed by atoms with Crippen molar-refractivity contribution in [3.05, 3.63) is 51.7 Å². The summed E-state index contributed by atoms with van der Waals surface area (Å²) in [6.07, 6.45) is 1.82. The molecular formula is C13H13IN2O. The predicted octanol–water partition coefficient (Wildman–Crippen LogP) is 3.31. The van der Waals surface area contributed by atoms with Crippen LogP contribution >= 0.6 is 22.6 Å². The lowest BCUT2D eigenvalue weighted by Gasteiger charge is -2.08. The van der Waals surface area contributed by atoms with Crippen LogP contribution in [0.15, 0.2) is 42.6 Å². The summed E-state index contributed by atoms with van der Waals surface area (Å²) in [5.41, 5.74) is 1.06. The maximum absolute atomic E-state index is 5.73. The van der Waals surface area contributed by atoms with Crippen molar-refractivity contribution < 1.29 is 4.74 Å². The number of anilines is 1. The van der Waals surface area contributed by atoms with E-state index in [2.05, 4.69) is 32.9 Å². The van der Waals surface area contributed by atoms with Crippen LogP contribution in [0.1, 0.15) is 5.56 Å². The number of benzene rings is 1. The molecular weight excluding hydrogens is 327 g/mol. The summed E-state index contributed by atoms with van der Waals surface area (Å²) >= 11 is 2.26. The second-order valence-corrected chi connectivity index (χ2v) is 4.68. The molecule has 0 bridgehead atoms. The van der Waals surface area contributed by atoms with Crippen molar-refractivity contribution in [3.8, 4) is 5.75 Å². The zero-order valence-corrected chi connectivity index (χ0v) is 11.6. The Kier molecular flexibility index (Phi) is 4.19. The molecule has 0 aliphatic heterocycles. The first-order valence-electron chi connectivity index (χ1n) is 5.29. The number of nitrogens with zero attached hydrogens (tertiary/aromatic N) is 1. The van der Waals surface area contributed by atoms with E-state index in [-0.39, 0.29) is 0 Å². The third-order valence-corrected chi connectivity index (χ3v) is 3.20. The molecule has 0 saturated heterocycles. The van der Waals surface area contributed by atoms with Gasteiger partial charge in [0.2, 0.25) is 0 Å². The molecule has 4 heteroatoms. The molecule has 1 aromatic heterocycles. The summed E-state index contributed by atoms with van der Waals surface area (Å²) < 4.78 is 6.84. The van der Waals surface area contributed by atoms with Crippen LogP contribution in [0.5, 0.6) is 5.75 Å². The molecule has 2 rings (SSSR count). The van der Waals surface area contributed by atoms with Gasteiger partial charge in [0.15, 0.2) is 0 Å². The first-order chi connectivity index (χ1) is 8.29. The number of nitrogens with one attached hydrogen (secondary N) is 1. The molecule has 88 valence electrons. The number of hydrogen-bond donors (Lipinski definition) is 1. The van der Waals surface area contributed by atoms with Crippen LogP contribution < -0.4 is 10.1 Å². The lowest BCUT2D eigenvalue weighted by molar-refractivity contribution is 0.303. The predicted molar refractivity (Wildman–Crippen MR) is 77.3 cm³/mol. The van der Waals surface area contributed by atoms with Crippen LogP contribution in [-0.2, 0) is 6.61 Å². The Morgan fingerprint density at radius 2 is 2.06 bits per heavy atom. The van der Waals surface area contributed by atoms with E-state index in [1.807, 2.05) is 49.6 Å². The fourth-order valence-electron chi connectivity index (χ4n) is 1.38. The molecule has 0 fully saturated rings. The molecule has 0 spiro atoms. The number of aromatic nitrogens is 1. The molecule has 1 N–H and O–H groups in total. The second-order valence-electron chi connectivity index (χ2n) is 3.52. The van der Waals surface area contributed by atoms with Crippen LogP contribution in [0.4, 0.5) is 5.82 Å². The average molecular weight is 340 g/mol. The molecule has 3 nitrogen and oxygen atoms in total. The average Bonchev–Trinajstić information content (AvgIpc) is 2.38. The Morgan fingerprint density at radius 1 is 1.24 bits per heavy atom. The molecule has 0 radical (unpaired) electrons. The van der Waals surface area contributed by atoms with Gasteiger partial charge < -0.3 is 10.1 Å². The van der Waals surface area contributed by atoms with Crippen molar-refractivity contribution in [2.24, 2.45) is 0 Å². The van der Waals surface area contributed by atoms with Gasteiger partial charge >= 0.3 is 0 Å². The number of rotatable bonds is 4. The molecule has 0 saturated carbocycles. The van der Waals surface area contributed by atoms with Gasteiger partial charge in [0.05, 0.1) is 3.57 Å². The molecule has 0 unspecified atom stereocenters. The van der Waals surface area contributed by atoms with E-state index in [1.54, 1.807) is 0 Å². The summed E-state index contributed by atoms with van der Waals surface area (Å²) in [5.74, 6) is 1.77. The highest BCUT2D eigenvalue weighted by Crippen LogP contribution is 2.20. The SMILES string of the molecule is CNc1ccc(COc2ccccc2I)cn1. The number of ether oxygens (including phenoxy) is 1. The highest BCUT2D eigenvalue weighted by Gasteiger charge is 2.00. The fourth-order valence-corrected chi connectivity index (χ4v) is 1.92. The van der Waals surface area contributed by atoms with Crippen LogP contribution in [0.3, 0.4) is 0 Å². The van der Waals surface area contributed by atoms with Crippen molar-refractivity contribution in [1.29, 1.82) is 0 Å². The van der Waals surface area contributed by atoms with Crippen molar-refractivity contribution in [1.82, 2.24) is 4.98 Å². The second kappa shape index (κ2) is 5.86. The topological polar surface area (TPSA) is 34.1 Å². The summed E-state index contributed by atoms with van der Waals surface area (Å²) in [5, 5.41) is 2.98. The van der Waals surface area contributed by atoms with Gasteiger partial charge in [-0.15, -0.1) is 0 Å². The van der Waals surface area contributed by atoms with Crippen molar-refractivity contribution in [2.75, 3.05) is 12.4 Å². The maximum Gasteiger partial charge on any atom is 0.133 e. The zero-order valence-electron chi connectivity index (χ0n) is 9.48. The Labute approximate surface area is 114 Å². The number of halogens is 1. The first kappa shape index (κ1) is 12.2. The molecule has 0 aliphatic carbocycles. The largest absolute Gasteiger partial charge is 0.488 e. The summed E-state index contributed by atoms with van der Waals surface area (Å²) in [6, 6.07) is 11.9. The van der Waals surface area contributed by atoms with Crippen molar-refractivity contribution in [3.63, 3.8) is 0 Å². The normalized spacial score (nSPS) is 10.0. The lowest BCUT2D eigenvalue weighted by atomic mass is 10.3. The zero-order chi connectivity index (χ0) is 12.1. The van der Waals surface area contributed by atoms with Crippen LogP contribution in [0, 0.1) is 3.57 Å². The number of para-hydroxylation sites is 1. The lowest BCUT2D eigenvalue weighted by Crippen LogP contribution is -1.98. The van der Waals surface area contributed by atoms with E-state index in [0.717, 1.165) is 20.7 Å². The smallest absolute Gasteiger partial charge is 0.133 e. The van der Waals surface area contributed by atoms with Crippen LogP contribution in [0.2, 0.25) is 0 Å². The molecule has 1 heterocycles. The Morgan fingerprint density at radius 3 is 2.71 bits per heavy atom. The minimum atomic E-state index is 0.539. The molecule has 0 atom stereocenters. The standard InChI is InChI=1S/C13H13IN2O/c1-15-13-7-6-10(8-16-13)9-17-12-5-3-2-4-11(12)14/h2-8H,9H2,1H3,(H,15,16). The van der Waals surface area contributed by atoms with Crippen LogP contribution in [-0.4, -0.2) is 12.0 Å². The van der Waals surface area contributed by atoms with E-state index in [1.165, 1.54) is 0 Å². The van der Waals surface area contributed by atoms with Crippen molar-refractivity contribution in [2.45, 2.75) is 6.61 Å². The van der Waals surface area contributed by atoms with Gasteiger partial charge in [-0.2, -0.15) is 0 Å². The van der Waals surface area contributed by atoms with Gasteiger partial charge in [-0.05, 0) is 40.8 Å². The van der Waals surface area contributed by atoms with Gasteiger partial charge in [0.1, 0.15) is 18.2 Å².